The summed E-state index contributed by atoms with van der Waals surface area (Å²) >= 11 is 6.03. The van der Waals surface area contributed by atoms with Crippen molar-refractivity contribution in [3.63, 3.8) is 0 Å². The van der Waals surface area contributed by atoms with Gasteiger partial charge in [-0.15, -0.1) is 0 Å². The second-order valence-electron chi connectivity index (χ2n) is 3.85. The van der Waals surface area contributed by atoms with Gasteiger partial charge in [0.25, 0.3) is 5.91 Å². The van der Waals surface area contributed by atoms with E-state index in [1.807, 2.05) is 6.92 Å². The number of rotatable bonds is 5. The summed E-state index contributed by atoms with van der Waals surface area (Å²) in [6, 6.07) is 5.15. The van der Waals surface area contributed by atoms with Crippen LogP contribution in [-0.4, -0.2) is 17.4 Å². The Morgan fingerprint density at radius 3 is 3.00 bits per heavy atom. The van der Waals surface area contributed by atoms with E-state index in [9.17, 15) is 4.79 Å². The summed E-state index contributed by atoms with van der Waals surface area (Å²) in [5.41, 5.74) is 0.415. The molecule has 0 saturated heterocycles. The number of amides is 1. The van der Waals surface area contributed by atoms with Gasteiger partial charge in [0, 0.05) is 12.7 Å². The van der Waals surface area contributed by atoms with Crippen molar-refractivity contribution in [2.75, 3.05) is 11.9 Å². The fourth-order valence-corrected chi connectivity index (χ4v) is 1.78. The molecule has 0 aliphatic carbocycles. The Morgan fingerprint density at radius 2 is 2.37 bits per heavy atom. The quantitative estimate of drug-likeness (QED) is 0.883. The van der Waals surface area contributed by atoms with Crippen molar-refractivity contribution in [2.24, 2.45) is 0 Å². The number of nitrogens with zero attached hydrogens (tertiary/aromatic N) is 1. The number of aromatic nitrogens is 1. The molecule has 0 unspecified atom stereocenters. The number of hydrogen-bond donors (Lipinski definition) is 2. The van der Waals surface area contributed by atoms with Gasteiger partial charge in [0.15, 0.2) is 0 Å². The normalized spacial score (nSPS) is 10.2. The topological polar surface area (TPSA) is 67.2 Å². The Kier molecular flexibility index (Phi) is 4.41. The highest BCUT2D eigenvalue weighted by Gasteiger charge is 2.09. The van der Waals surface area contributed by atoms with E-state index in [1.54, 1.807) is 24.5 Å². The smallest absolute Gasteiger partial charge is 0.253 e. The van der Waals surface area contributed by atoms with Crippen LogP contribution >= 0.6 is 11.6 Å². The van der Waals surface area contributed by atoms with Crippen molar-refractivity contribution < 1.29 is 9.21 Å². The molecule has 2 N–H and O–H groups in total. The molecule has 0 saturated carbocycles. The van der Waals surface area contributed by atoms with Crippen molar-refractivity contribution in [3.8, 4) is 0 Å². The molecule has 1 amide bonds. The molecule has 5 nitrogen and oxygen atoms in total. The van der Waals surface area contributed by atoms with Gasteiger partial charge in [-0.2, -0.15) is 0 Å². The van der Waals surface area contributed by atoms with E-state index in [0.717, 1.165) is 6.54 Å². The van der Waals surface area contributed by atoms with Crippen LogP contribution in [0.3, 0.4) is 0 Å². The molecule has 0 spiro atoms. The second kappa shape index (κ2) is 6.24. The Balaban J connectivity index is 2.01. The molecule has 0 aliphatic rings. The first kappa shape index (κ1) is 13.4. The van der Waals surface area contributed by atoms with E-state index in [1.165, 1.54) is 6.20 Å². The Morgan fingerprint density at radius 1 is 1.53 bits per heavy atom. The molecule has 0 aliphatic heterocycles. The van der Waals surface area contributed by atoms with Gasteiger partial charge < -0.3 is 15.1 Å². The molecular weight excluding hydrogens is 266 g/mol. The first-order valence-electron chi connectivity index (χ1n) is 5.90. The predicted molar refractivity (Wildman–Crippen MR) is 73.3 cm³/mol. The van der Waals surface area contributed by atoms with E-state index in [2.05, 4.69) is 15.6 Å². The molecule has 0 bridgehead atoms. The lowest BCUT2D eigenvalue weighted by Crippen LogP contribution is -2.22. The number of carbonyl (C=O) groups excluding carboxylic acids is 1. The van der Waals surface area contributed by atoms with Crippen LogP contribution in [0.25, 0.3) is 0 Å². The second-order valence-corrected chi connectivity index (χ2v) is 4.25. The number of pyridine rings is 1. The molecule has 0 aromatic carbocycles. The zero-order chi connectivity index (χ0) is 13.7. The maximum atomic E-state index is 11.9. The highest BCUT2D eigenvalue weighted by molar-refractivity contribution is 6.33. The average Bonchev–Trinajstić information content (AvgIpc) is 2.91. The summed E-state index contributed by atoms with van der Waals surface area (Å²) in [5.74, 6) is 1.03. The number of furan rings is 1. The van der Waals surface area contributed by atoms with Crippen LogP contribution in [0.1, 0.15) is 23.0 Å². The third-order valence-corrected chi connectivity index (χ3v) is 2.74. The lowest BCUT2D eigenvalue weighted by Gasteiger charge is -2.07. The van der Waals surface area contributed by atoms with Crippen LogP contribution < -0.4 is 10.6 Å². The van der Waals surface area contributed by atoms with Crippen LogP contribution in [0.15, 0.2) is 35.1 Å². The van der Waals surface area contributed by atoms with E-state index >= 15 is 0 Å². The minimum Gasteiger partial charge on any atom is -0.467 e. The van der Waals surface area contributed by atoms with E-state index < -0.39 is 0 Å². The minimum atomic E-state index is -0.242. The lowest BCUT2D eigenvalue weighted by atomic mass is 10.2. The third-order valence-electron chi connectivity index (χ3n) is 2.45. The zero-order valence-corrected chi connectivity index (χ0v) is 11.2. The number of anilines is 1. The standard InChI is InChI=1S/C13H14ClN3O2/c1-2-15-12-11(14)6-9(7-16-12)13(18)17-8-10-4-3-5-19-10/h3-7H,2,8H2,1H3,(H,15,16)(H,17,18). The van der Waals surface area contributed by atoms with Crippen LogP contribution in [0.2, 0.25) is 5.02 Å². The van der Waals surface area contributed by atoms with E-state index in [0.29, 0.717) is 28.7 Å². The number of halogens is 1. The number of carbonyl (C=O) groups is 1. The fraction of sp³-hybridized carbons (Fsp3) is 0.231. The van der Waals surface area contributed by atoms with Crippen LogP contribution in [0, 0.1) is 0 Å². The van der Waals surface area contributed by atoms with Gasteiger partial charge >= 0.3 is 0 Å². The summed E-state index contributed by atoms with van der Waals surface area (Å²) in [6.07, 6.45) is 3.05. The molecule has 100 valence electrons. The summed E-state index contributed by atoms with van der Waals surface area (Å²) in [7, 11) is 0. The largest absolute Gasteiger partial charge is 0.467 e. The minimum absolute atomic E-state index is 0.242. The Bertz CT molecular complexity index is 555. The molecule has 0 fully saturated rings. The van der Waals surface area contributed by atoms with Gasteiger partial charge in [-0.05, 0) is 25.1 Å². The molecule has 2 rings (SSSR count). The molecule has 0 radical (unpaired) electrons. The van der Waals surface area contributed by atoms with Crippen LogP contribution in [0.5, 0.6) is 0 Å². The predicted octanol–water partition coefficient (Wildman–Crippen LogP) is 2.69. The van der Waals surface area contributed by atoms with Crippen LogP contribution in [-0.2, 0) is 6.54 Å². The van der Waals surface area contributed by atoms with Crippen LogP contribution in [0.4, 0.5) is 5.82 Å². The zero-order valence-electron chi connectivity index (χ0n) is 10.4. The fourth-order valence-electron chi connectivity index (χ4n) is 1.54. The van der Waals surface area contributed by atoms with Crippen molar-refractivity contribution in [2.45, 2.75) is 13.5 Å². The van der Waals surface area contributed by atoms with Gasteiger partial charge in [0.2, 0.25) is 0 Å². The highest BCUT2D eigenvalue weighted by Crippen LogP contribution is 2.19. The molecular formula is C13H14ClN3O2. The average molecular weight is 280 g/mol. The van der Waals surface area contributed by atoms with Crippen molar-refractivity contribution in [1.29, 1.82) is 0 Å². The SMILES string of the molecule is CCNc1ncc(C(=O)NCc2ccco2)cc1Cl. The van der Waals surface area contributed by atoms with Crippen molar-refractivity contribution >= 4 is 23.3 Å². The first-order chi connectivity index (χ1) is 9.20. The molecule has 2 aromatic heterocycles. The van der Waals surface area contributed by atoms with Crippen molar-refractivity contribution in [1.82, 2.24) is 10.3 Å². The summed E-state index contributed by atoms with van der Waals surface area (Å²) in [6.45, 7) is 3.00. The Labute approximate surface area is 116 Å². The van der Waals surface area contributed by atoms with Crippen molar-refractivity contribution in [3.05, 3.63) is 47.0 Å². The molecule has 6 heteroatoms. The van der Waals surface area contributed by atoms with E-state index in [-0.39, 0.29) is 5.91 Å². The number of hydrogen-bond acceptors (Lipinski definition) is 4. The third kappa shape index (κ3) is 3.48. The van der Waals surface area contributed by atoms with Gasteiger partial charge in [0.05, 0.1) is 23.4 Å². The first-order valence-corrected chi connectivity index (χ1v) is 6.28. The van der Waals surface area contributed by atoms with Gasteiger partial charge in [-0.1, -0.05) is 11.6 Å². The highest BCUT2D eigenvalue weighted by atomic mass is 35.5. The molecule has 2 heterocycles. The molecule has 2 aromatic rings. The summed E-state index contributed by atoms with van der Waals surface area (Å²) in [4.78, 5) is 16.0. The van der Waals surface area contributed by atoms with Gasteiger partial charge in [-0.3, -0.25) is 4.79 Å². The molecule has 19 heavy (non-hydrogen) atoms. The summed E-state index contributed by atoms with van der Waals surface area (Å²) in [5, 5.41) is 6.16. The monoisotopic (exact) mass is 279 g/mol. The van der Waals surface area contributed by atoms with Gasteiger partial charge in [0.1, 0.15) is 11.6 Å². The summed E-state index contributed by atoms with van der Waals surface area (Å²) < 4.78 is 5.13. The van der Waals surface area contributed by atoms with Gasteiger partial charge in [-0.25, -0.2) is 4.98 Å². The maximum Gasteiger partial charge on any atom is 0.253 e. The number of nitrogens with one attached hydrogen (secondary N) is 2. The Hall–Kier alpha value is -2.01. The van der Waals surface area contributed by atoms with E-state index in [4.69, 9.17) is 16.0 Å². The maximum absolute atomic E-state index is 11.9. The molecule has 0 atom stereocenters. The lowest BCUT2D eigenvalue weighted by molar-refractivity contribution is 0.0947.